The summed E-state index contributed by atoms with van der Waals surface area (Å²) in [4.78, 5) is 1.53. The van der Waals surface area contributed by atoms with Crippen molar-refractivity contribution in [3.8, 4) is 10.4 Å². The average molecular weight is 411 g/mol. The van der Waals surface area contributed by atoms with Gasteiger partial charge < -0.3 is 5.32 Å². The number of thiophene rings is 1. The number of benzene rings is 2. The van der Waals surface area contributed by atoms with E-state index in [0.717, 1.165) is 24.2 Å². The normalized spacial score (nSPS) is 19.8. The lowest BCUT2D eigenvalue weighted by molar-refractivity contribution is 0.521. The van der Waals surface area contributed by atoms with E-state index in [1.807, 2.05) is 6.07 Å². The molecule has 144 valence electrons. The Labute approximate surface area is 169 Å². The number of nitrogens with one attached hydrogen (secondary N) is 1. The summed E-state index contributed by atoms with van der Waals surface area (Å²) in [6, 6.07) is 19.7. The molecule has 4 nitrogen and oxygen atoms in total. The quantitative estimate of drug-likeness (QED) is 0.594. The first-order valence-electron chi connectivity index (χ1n) is 9.18. The van der Waals surface area contributed by atoms with Gasteiger partial charge in [-0.25, -0.2) is 13.6 Å². The molecule has 0 bridgehead atoms. The van der Waals surface area contributed by atoms with E-state index in [1.54, 1.807) is 29.5 Å². The minimum absolute atomic E-state index is 0.194. The van der Waals surface area contributed by atoms with Crippen LogP contribution >= 0.6 is 11.3 Å². The van der Waals surface area contributed by atoms with E-state index >= 15 is 0 Å². The predicted molar refractivity (Wildman–Crippen MR) is 116 cm³/mol. The van der Waals surface area contributed by atoms with E-state index < -0.39 is 10.0 Å². The lowest BCUT2D eigenvalue weighted by Gasteiger charge is -2.29. The monoisotopic (exact) mass is 410 g/mol. The van der Waals surface area contributed by atoms with Gasteiger partial charge in [-0.15, -0.1) is 11.3 Å². The molecule has 2 aliphatic rings. The third kappa shape index (κ3) is 4.04. The highest BCUT2D eigenvalue weighted by atomic mass is 32.2. The summed E-state index contributed by atoms with van der Waals surface area (Å²) in [5.41, 5.74) is 3.37. The van der Waals surface area contributed by atoms with Crippen LogP contribution in [-0.4, -0.2) is 15.0 Å². The fraction of sp³-hybridized carbons (Fsp3) is 0.182. The molecule has 6 heteroatoms. The van der Waals surface area contributed by atoms with Crippen LogP contribution in [0.5, 0.6) is 0 Å². The Morgan fingerprint density at radius 1 is 1.04 bits per heavy atom. The van der Waals surface area contributed by atoms with Crippen molar-refractivity contribution in [2.45, 2.75) is 17.2 Å². The SMILES string of the molecule is NS(=O)(=O)c1ccc2c(c1)C1C=CCC1CN2.c1ccc(-c2cccs2)cc1. The fourth-order valence-corrected chi connectivity index (χ4v) is 4.99. The summed E-state index contributed by atoms with van der Waals surface area (Å²) in [6.07, 6.45) is 5.38. The van der Waals surface area contributed by atoms with Crippen molar-refractivity contribution in [3.05, 3.63) is 83.8 Å². The molecule has 0 saturated heterocycles. The second-order valence-electron chi connectivity index (χ2n) is 6.97. The van der Waals surface area contributed by atoms with Crippen molar-refractivity contribution >= 4 is 27.0 Å². The van der Waals surface area contributed by atoms with Crippen LogP contribution in [-0.2, 0) is 10.0 Å². The first kappa shape index (κ1) is 18.9. The summed E-state index contributed by atoms with van der Waals surface area (Å²) < 4.78 is 22.7. The Morgan fingerprint density at radius 2 is 1.86 bits per heavy atom. The summed E-state index contributed by atoms with van der Waals surface area (Å²) in [6.45, 7) is 0.944. The molecule has 2 atom stereocenters. The van der Waals surface area contributed by atoms with E-state index in [0.29, 0.717) is 11.8 Å². The van der Waals surface area contributed by atoms with Gasteiger partial charge in [-0.1, -0.05) is 48.6 Å². The third-order valence-electron chi connectivity index (χ3n) is 5.13. The number of anilines is 1. The molecule has 1 aliphatic carbocycles. The number of allylic oxidation sites excluding steroid dienone is 2. The Kier molecular flexibility index (Phi) is 5.35. The molecule has 28 heavy (non-hydrogen) atoms. The number of primary sulfonamides is 1. The first-order chi connectivity index (χ1) is 13.5. The zero-order valence-corrected chi connectivity index (χ0v) is 16.9. The Balaban J connectivity index is 0.000000151. The van der Waals surface area contributed by atoms with Gasteiger partial charge in [0.2, 0.25) is 10.0 Å². The van der Waals surface area contributed by atoms with E-state index in [9.17, 15) is 8.42 Å². The molecule has 0 radical (unpaired) electrons. The number of hydrogen-bond donors (Lipinski definition) is 2. The third-order valence-corrected chi connectivity index (χ3v) is 6.96. The van der Waals surface area contributed by atoms with Crippen LogP contribution in [0.3, 0.4) is 0 Å². The second kappa shape index (κ2) is 7.91. The highest BCUT2D eigenvalue weighted by molar-refractivity contribution is 7.89. The zero-order chi connectivity index (χ0) is 19.6. The summed E-state index contributed by atoms with van der Waals surface area (Å²) in [5, 5.41) is 10.6. The van der Waals surface area contributed by atoms with Crippen molar-refractivity contribution in [1.82, 2.24) is 0 Å². The van der Waals surface area contributed by atoms with Crippen LogP contribution < -0.4 is 10.5 Å². The van der Waals surface area contributed by atoms with Gasteiger partial charge in [-0.05, 0) is 53.1 Å². The maximum atomic E-state index is 11.4. The van der Waals surface area contributed by atoms with Crippen molar-refractivity contribution in [2.24, 2.45) is 11.1 Å². The van der Waals surface area contributed by atoms with Gasteiger partial charge in [0.1, 0.15) is 0 Å². The van der Waals surface area contributed by atoms with Gasteiger partial charge in [0.05, 0.1) is 4.90 Å². The van der Waals surface area contributed by atoms with E-state index in [-0.39, 0.29) is 4.90 Å². The lowest BCUT2D eigenvalue weighted by atomic mass is 9.85. The van der Waals surface area contributed by atoms with Crippen molar-refractivity contribution in [3.63, 3.8) is 0 Å². The summed E-state index contributed by atoms with van der Waals surface area (Å²) in [5.74, 6) is 0.867. The van der Waals surface area contributed by atoms with Crippen LogP contribution in [0.25, 0.3) is 10.4 Å². The first-order valence-corrected chi connectivity index (χ1v) is 11.6. The lowest BCUT2D eigenvalue weighted by Crippen LogP contribution is -2.25. The van der Waals surface area contributed by atoms with Gasteiger partial charge in [0.25, 0.3) is 0 Å². The maximum Gasteiger partial charge on any atom is 0.238 e. The topological polar surface area (TPSA) is 72.2 Å². The molecule has 1 aliphatic heterocycles. The molecule has 1 aromatic heterocycles. The molecular formula is C22H22N2O2S2. The van der Waals surface area contributed by atoms with Gasteiger partial charge in [-0.2, -0.15) is 0 Å². The second-order valence-corrected chi connectivity index (χ2v) is 9.48. The molecule has 0 amide bonds. The summed E-state index contributed by atoms with van der Waals surface area (Å²) >= 11 is 1.78. The molecule has 0 saturated carbocycles. The molecule has 2 unspecified atom stereocenters. The highest BCUT2D eigenvalue weighted by Crippen LogP contribution is 2.42. The fourth-order valence-electron chi connectivity index (χ4n) is 3.71. The number of sulfonamides is 1. The number of fused-ring (bicyclic) bond motifs is 3. The number of hydrogen-bond acceptors (Lipinski definition) is 4. The van der Waals surface area contributed by atoms with Gasteiger partial charge in [0, 0.05) is 23.0 Å². The molecule has 2 aromatic carbocycles. The van der Waals surface area contributed by atoms with Gasteiger partial charge >= 0.3 is 0 Å². The van der Waals surface area contributed by atoms with Crippen molar-refractivity contribution in [2.75, 3.05) is 11.9 Å². The largest absolute Gasteiger partial charge is 0.384 e. The van der Waals surface area contributed by atoms with E-state index in [4.69, 9.17) is 5.14 Å². The van der Waals surface area contributed by atoms with E-state index in [1.165, 1.54) is 10.4 Å². The molecule has 2 heterocycles. The molecule has 3 aromatic rings. The highest BCUT2D eigenvalue weighted by Gasteiger charge is 2.30. The number of rotatable bonds is 2. The molecule has 0 fully saturated rings. The van der Waals surface area contributed by atoms with Crippen LogP contribution in [0.2, 0.25) is 0 Å². The van der Waals surface area contributed by atoms with Gasteiger partial charge in [-0.3, -0.25) is 0 Å². The maximum absolute atomic E-state index is 11.4. The smallest absolute Gasteiger partial charge is 0.238 e. The van der Waals surface area contributed by atoms with Crippen molar-refractivity contribution < 1.29 is 8.42 Å². The van der Waals surface area contributed by atoms with Gasteiger partial charge in [0.15, 0.2) is 0 Å². The average Bonchev–Trinajstić information content (AvgIpc) is 3.40. The van der Waals surface area contributed by atoms with Crippen LogP contribution in [0.1, 0.15) is 17.9 Å². The zero-order valence-electron chi connectivity index (χ0n) is 15.3. The Morgan fingerprint density at radius 3 is 2.57 bits per heavy atom. The Bertz CT molecular complexity index is 1070. The van der Waals surface area contributed by atoms with E-state index in [2.05, 4.69) is 59.2 Å². The molecule has 0 spiro atoms. The molecule has 3 N–H and O–H groups in total. The molecular weight excluding hydrogens is 388 g/mol. The standard InChI is InChI=1S/C12H14N2O2S.C10H8S/c13-17(15,16)9-4-5-12-11(6-9)10-3-1-2-8(10)7-14-12;1-2-5-9(6-3-1)10-7-4-8-11-10/h1,3-6,8,10,14H,2,7H2,(H2,13,15,16);1-8H. The van der Waals surface area contributed by atoms with Crippen LogP contribution in [0.15, 0.2) is 83.1 Å². The van der Waals surface area contributed by atoms with Crippen molar-refractivity contribution in [1.29, 1.82) is 0 Å². The predicted octanol–water partition coefficient (Wildman–Crippen LogP) is 4.83. The van der Waals surface area contributed by atoms with Crippen LogP contribution in [0, 0.1) is 5.92 Å². The van der Waals surface area contributed by atoms with Crippen LogP contribution in [0.4, 0.5) is 5.69 Å². The number of nitrogens with two attached hydrogens (primary N) is 1. The minimum atomic E-state index is -3.62. The summed E-state index contributed by atoms with van der Waals surface area (Å²) in [7, 11) is -3.62. The minimum Gasteiger partial charge on any atom is -0.384 e. The Hall–Kier alpha value is -2.41. The molecule has 5 rings (SSSR count).